The molecule has 2 amide bonds. The van der Waals surface area contributed by atoms with Gasteiger partial charge in [0.25, 0.3) is 0 Å². The Balaban J connectivity index is 1.54. The van der Waals surface area contributed by atoms with E-state index in [2.05, 4.69) is 10.3 Å². The summed E-state index contributed by atoms with van der Waals surface area (Å²) in [4.78, 5) is 27.2. The summed E-state index contributed by atoms with van der Waals surface area (Å²) in [7, 11) is 0. The van der Waals surface area contributed by atoms with Crippen molar-refractivity contribution in [2.75, 3.05) is 6.61 Å². The summed E-state index contributed by atoms with van der Waals surface area (Å²) in [5.74, 6) is 1.23. The van der Waals surface area contributed by atoms with Gasteiger partial charge in [-0.2, -0.15) is 0 Å². The second-order valence-electron chi connectivity index (χ2n) is 6.99. The molecule has 1 unspecified atom stereocenters. The number of hydrogen-bond donors (Lipinski definition) is 2. The number of aromatic nitrogens is 1. The van der Waals surface area contributed by atoms with Crippen molar-refractivity contribution in [1.82, 2.24) is 10.3 Å². The van der Waals surface area contributed by atoms with Gasteiger partial charge >= 0.3 is 0 Å². The Hall–Kier alpha value is -3.61. The highest BCUT2D eigenvalue weighted by molar-refractivity contribution is 5.85. The van der Waals surface area contributed by atoms with Crippen LogP contribution in [-0.4, -0.2) is 29.4 Å². The lowest BCUT2D eigenvalue weighted by Gasteiger charge is -2.14. The van der Waals surface area contributed by atoms with Crippen LogP contribution in [0, 0.1) is 6.92 Å². The van der Waals surface area contributed by atoms with Gasteiger partial charge in [-0.15, -0.1) is 0 Å². The van der Waals surface area contributed by atoms with Crippen molar-refractivity contribution in [3.63, 3.8) is 0 Å². The molecule has 30 heavy (non-hydrogen) atoms. The maximum Gasteiger partial charge on any atom is 0.240 e. The topological polar surface area (TPSA) is 107 Å². The third kappa shape index (κ3) is 5.70. The Kier molecular flexibility index (Phi) is 6.85. The molecule has 2 aromatic carbocycles. The standard InChI is InChI=1S/C23H25N3O4/c1-15-20(26-23(30-15)18-6-4-3-5-7-18)12-13-29-19-10-8-17(9-11-19)14-21(22(24)28)25-16(2)27/h3-11,21H,12-14H2,1-2H3,(H2,24,28)(H,25,27). The first-order valence-electron chi connectivity index (χ1n) is 9.72. The van der Waals surface area contributed by atoms with Crippen LogP contribution in [0.2, 0.25) is 0 Å². The molecule has 0 spiro atoms. The molecule has 1 atom stereocenters. The van der Waals surface area contributed by atoms with Gasteiger partial charge in [0.2, 0.25) is 17.7 Å². The predicted octanol–water partition coefficient (Wildman–Crippen LogP) is 2.80. The minimum absolute atomic E-state index is 0.294. The second-order valence-corrected chi connectivity index (χ2v) is 6.99. The van der Waals surface area contributed by atoms with Crippen LogP contribution in [0.4, 0.5) is 0 Å². The number of primary amides is 1. The molecule has 0 bridgehead atoms. The monoisotopic (exact) mass is 407 g/mol. The van der Waals surface area contributed by atoms with Gasteiger partial charge in [0, 0.05) is 25.3 Å². The molecule has 7 nitrogen and oxygen atoms in total. The first kappa shape index (κ1) is 21.1. The molecule has 3 aromatic rings. The van der Waals surface area contributed by atoms with E-state index in [1.807, 2.05) is 61.5 Å². The van der Waals surface area contributed by atoms with E-state index in [1.165, 1.54) is 6.92 Å². The summed E-state index contributed by atoms with van der Waals surface area (Å²) in [5, 5.41) is 2.55. The van der Waals surface area contributed by atoms with Gasteiger partial charge in [-0.25, -0.2) is 4.98 Å². The molecule has 0 aliphatic heterocycles. The number of rotatable bonds is 9. The molecule has 3 rings (SSSR count). The SMILES string of the molecule is CC(=O)NC(Cc1ccc(OCCc2nc(-c3ccccc3)oc2C)cc1)C(N)=O. The summed E-state index contributed by atoms with van der Waals surface area (Å²) in [5.41, 5.74) is 8.02. The number of hydrogen-bond acceptors (Lipinski definition) is 5. The average Bonchev–Trinajstić information content (AvgIpc) is 3.10. The van der Waals surface area contributed by atoms with Crippen molar-refractivity contribution in [1.29, 1.82) is 0 Å². The molecule has 1 aromatic heterocycles. The molecule has 0 saturated heterocycles. The zero-order valence-electron chi connectivity index (χ0n) is 17.1. The van der Waals surface area contributed by atoms with E-state index < -0.39 is 11.9 Å². The summed E-state index contributed by atoms with van der Waals surface area (Å²) in [6.45, 7) is 3.71. The number of carbonyl (C=O) groups excluding carboxylic acids is 2. The van der Waals surface area contributed by atoms with Crippen molar-refractivity contribution in [3.8, 4) is 17.2 Å². The van der Waals surface area contributed by atoms with Crippen LogP contribution in [0.5, 0.6) is 5.75 Å². The van der Waals surface area contributed by atoms with E-state index in [-0.39, 0.29) is 5.91 Å². The predicted molar refractivity (Wildman–Crippen MR) is 113 cm³/mol. The maximum atomic E-state index is 11.5. The van der Waals surface area contributed by atoms with Crippen molar-refractivity contribution in [2.45, 2.75) is 32.7 Å². The van der Waals surface area contributed by atoms with Crippen LogP contribution in [0.3, 0.4) is 0 Å². The largest absolute Gasteiger partial charge is 0.493 e. The lowest BCUT2D eigenvalue weighted by Crippen LogP contribution is -2.44. The van der Waals surface area contributed by atoms with Crippen LogP contribution < -0.4 is 15.8 Å². The number of nitrogens with two attached hydrogens (primary N) is 1. The van der Waals surface area contributed by atoms with E-state index in [9.17, 15) is 9.59 Å². The molecule has 3 N–H and O–H groups in total. The molecule has 1 heterocycles. The van der Waals surface area contributed by atoms with E-state index >= 15 is 0 Å². The van der Waals surface area contributed by atoms with E-state index in [1.54, 1.807) is 0 Å². The van der Waals surface area contributed by atoms with Crippen LogP contribution in [0.1, 0.15) is 23.9 Å². The van der Waals surface area contributed by atoms with Gasteiger partial charge < -0.3 is 20.2 Å². The molecule has 0 fully saturated rings. The summed E-state index contributed by atoms with van der Waals surface area (Å²) in [6, 6.07) is 16.4. The second kappa shape index (κ2) is 9.73. The van der Waals surface area contributed by atoms with Gasteiger partial charge in [-0.3, -0.25) is 9.59 Å². The van der Waals surface area contributed by atoms with Crippen molar-refractivity contribution < 1.29 is 18.7 Å². The van der Waals surface area contributed by atoms with Gasteiger partial charge in [-0.05, 0) is 36.8 Å². The summed E-state index contributed by atoms with van der Waals surface area (Å²) < 4.78 is 11.6. The van der Waals surface area contributed by atoms with Crippen LogP contribution in [0.25, 0.3) is 11.5 Å². The molecule has 0 saturated carbocycles. The Morgan fingerprint density at radius 3 is 2.47 bits per heavy atom. The quantitative estimate of drug-likeness (QED) is 0.567. The Labute approximate surface area is 175 Å². The molecule has 156 valence electrons. The highest BCUT2D eigenvalue weighted by Gasteiger charge is 2.17. The lowest BCUT2D eigenvalue weighted by molar-refractivity contribution is -0.126. The minimum atomic E-state index is -0.733. The Bertz CT molecular complexity index is 997. The zero-order chi connectivity index (χ0) is 21.5. The molecular formula is C23H25N3O4. The summed E-state index contributed by atoms with van der Waals surface area (Å²) >= 11 is 0. The van der Waals surface area contributed by atoms with Gasteiger partial charge in [-0.1, -0.05) is 30.3 Å². The first-order chi connectivity index (χ1) is 14.4. The number of carbonyl (C=O) groups is 2. The van der Waals surface area contributed by atoms with Crippen molar-refractivity contribution >= 4 is 11.8 Å². The number of amides is 2. The molecule has 0 aliphatic carbocycles. The molecule has 7 heteroatoms. The fourth-order valence-corrected chi connectivity index (χ4v) is 3.06. The van der Waals surface area contributed by atoms with Gasteiger partial charge in [0.05, 0.1) is 12.3 Å². The highest BCUT2D eigenvalue weighted by atomic mass is 16.5. The molecule has 0 radical (unpaired) electrons. The zero-order valence-corrected chi connectivity index (χ0v) is 17.1. The van der Waals surface area contributed by atoms with Gasteiger partial charge in [0.15, 0.2) is 0 Å². The van der Waals surface area contributed by atoms with Crippen LogP contribution in [0.15, 0.2) is 59.0 Å². The third-order valence-electron chi connectivity index (χ3n) is 4.61. The smallest absolute Gasteiger partial charge is 0.240 e. The number of nitrogens with zero attached hydrogens (tertiary/aromatic N) is 1. The third-order valence-corrected chi connectivity index (χ3v) is 4.61. The highest BCUT2D eigenvalue weighted by Crippen LogP contribution is 2.22. The fraction of sp³-hybridized carbons (Fsp3) is 0.261. The Morgan fingerprint density at radius 1 is 1.13 bits per heavy atom. The number of aryl methyl sites for hydroxylation is 1. The first-order valence-corrected chi connectivity index (χ1v) is 9.72. The maximum absolute atomic E-state index is 11.5. The van der Waals surface area contributed by atoms with Crippen molar-refractivity contribution in [3.05, 3.63) is 71.6 Å². The normalized spacial score (nSPS) is 11.7. The van der Waals surface area contributed by atoms with E-state index in [4.69, 9.17) is 14.9 Å². The van der Waals surface area contributed by atoms with Crippen molar-refractivity contribution in [2.24, 2.45) is 5.73 Å². The van der Waals surface area contributed by atoms with Gasteiger partial charge in [0.1, 0.15) is 17.6 Å². The number of ether oxygens (including phenoxy) is 1. The van der Waals surface area contributed by atoms with E-state index in [0.717, 1.165) is 22.6 Å². The van der Waals surface area contributed by atoms with E-state index in [0.29, 0.717) is 31.1 Å². The number of oxazole rings is 1. The molecular weight excluding hydrogens is 382 g/mol. The minimum Gasteiger partial charge on any atom is -0.493 e. The fourth-order valence-electron chi connectivity index (χ4n) is 3.06. The summed E-state index contributed by atoms with van der Waals surface area (Å²) in [6.07, 6.45) is 0.950. The number of nitrogens with one attached hydrogen (secondary N) is 1. The Morgan fingerprint density at radius 2 is 1.83 bits per heavy atom. The van der Waals surface area contributed by atoms with Crippen LogP contribution >= 0.6 is 0 Å². The average molecular weight is 407 g/mol. The lowest BCUT2D eigenvalue weighted by atomic mass is 10.1. The molecule has 0 aliphatic rings. The number of benzene rings is 2. The van der Waals surface area contributed by atoms with Crippen LogP contribution in [-0.2, 0) is 22.4 Å².